The van der Waals surface area contributed by atoms with Crippen molar-refractivity contribution in [3.05, 3.63) is 268 Å². The Bertz CT molecular complexity index is 4260. The normalized spacial score (nSPS) is 14.7. The molecule has 3 nitrogen and oxygen atoms in total. The number of hydrogen-bond acceptors (Lipinski definition) is 3. The van der Waals surface area contributed by atoms with Crippen molar-refractivity contribution in [3.63, 3.8) is 0 Å². The van der Waals surface area contributed by atoms with Crippen molar-refractivity contribution in [2.24, 2.45) is 5.92 Å². The Morgan fingerprint density at radius 1 is 0.447 bits per heavy atom. The number of rotatable bonds is 4. The van der Waals surface area contributed by atoms with Crippen LogP contribution >= 0.6 is 0 Å². The Kier molecular flexibility index (Phi) is 11.5. The van der Waals surface area contributed by atoms with E-state index in [-0.39, 0.29) is 0 Å². The molecule has 370 valence electrons. The third kappa shape index (κ3) is 7.47. The Labute approximate surface area is 446 Å². The van der Waals surface area contributed by atoms with Crippen LogP contribution in [0.4, 0.5) is 17.1 Å². The topological polar surface area (TPSA) is 29.5 Å². The van der Waals surface area contributed by atoms with Crippen molar-refractivity contribution >= 4 is 71.7 Å². The van der Waals surface area contributed by atoms with Gasteiger partial charge in [-0.1, -0.05) is 213 Å². The molecule has 0 saturated heterocycles. The minimum absolute atomic E-state index is 0.462. The molecule has 2 heterocycles. The second-order valence-electron chi connectivity index (χ2n) is 21.7. The summed E-state index contributed by atoms with van der Waals surface area (Å²) in [7, 11) is 0. The van der Waals surface area contributed by atoms with Gasteiger partial charge in [0.25, 0.3) is 0 Å². The van der Waals surface area contributed by atoms with E-state index in [1.165, 1.54) is 100 Å². The molecule has 2 aromatic heterocycles. The van der Waals surface area contributed by atoms with Crippen LogP contribution in [0, 0.1) is 19.8 Å². The molecule has 0 amide bonds. The van der Waals surface area contributed by atoms with E-state index in [0.29, 0.717) is 5.92 Å². The number of allylic oxidation sites excluding steroid dienone is 4. The summed E-state index contributed by atoms with van der Waals surface area (Å²) >= 11 is 0. The van der Waals surface area contributed by atoms with Crippen LogP contribution in [0.15, 0.2) is 238 Å². The van der Waals surface area contributed by atoms with Crippen molar-refractivity contribution in [2.75, 3.05) is 4.90 Å². The van der Waals surface area contributed by atoms with E-state index in [1.807, 2.05) is 24.3 Å². The molecule has 3 heteroatoms. The maximum absolute atomic E-state index is 6.48. The van der Waals surface area contributed by atoms with Crippen LogP contribution in [-0.2, 0) is 5.41 Å². The third-order valence-corrected chi connectivity index (χ3v) is 16.5. The smallest absolute Gasteiger partial charge is 0.137 e. The quantitative estimate of drug-likeness (QED) is 0.176. The summed E-state index contributed by atoms with van der Waals surface area (Å²) in [4.78, 5) is 2.47. The van der Waals surface area contributed by atoms with Crippen LogP contribution in [0.2, 0.25) is 0 Å². The predicted octanol–water partition coefficient (Wildman–Crippen LogP) is 20.8. The van der Waals surface area contributed by atoms with Crippen molar-refractivity contribution in [1.82, 2.24) is 0 Å². The van der Waals surface area contributed by atoms with Crippen molar-refractivity contribution in [3.8, 4) is 22.3 Å². The fourth-order valence-electron chi connectivity index (χ4n) is 12.8. The number of hydrogen-bond donors (Lipinski definition) is 0. The summed E-state index contributed by atoms with van der Waals surface area (Å²) < 4.78 is 12.3. The van der Waals surface area contributed by atoms with Gasteiger partial charge >= 0.3 is 0 Å². The summed E-state index contributed by atoms with van der Waals surface area (Å²) in [6.45, 7) is 15.5. The molecule has 10 aromatic carbocycles. The standard InChI is InChI=1S/C49H33NO.C15H14O.C9H14/c1-30-22-25-32(26-23-30)50(43-19-11-21-46-48(43)38-16-7-10-20-45(38)51-46)44-29-42-47(36-15-4-3-14-35(36)44)37-27-24-31(2)28-41(37)49(42)39-17-8-5-12-33(39)34-13-6-9-18-40(34)49;1-10(2)11-7-5-9-14-15(11)12-6-3-4-8-13(12)16-14;1-7-4-5-8(2)9(3)6-7/h3-29H,1-2H3;3-10H,1-2H3;4-5,9H,6H2,1-3H3. The summed E-state index contributed by atoms with van der Waals surface area (Å²) in [6.07, 6.45) is 5.70. The van der Waals surface area contributed by atoms with Crippen molar-refractivity contribution in [2.45, 2.75) is 66.2 Å². The van der Waals surface area contributed by atoms with E-state index < -0.39 is 5.41 Å². The van der Waals surface area contributed by atoms with Crippen LogP contribution in [0.25, 0.3) is 76.9 Å². The highest BCUT2D eigenvalue weighted by molar-refractivity contribution is 6.17. The van der Waals surface area contributed by atoms with Crippen molar-refractivity contribution < 1.29 is 8.83 Å². The molecule has 1 unspecified atom stereocenters. The Hall–Kier alpha value is -8.66. The van der Waals surface area contributed by atoms with E-state index >= 15 is 0 Å². The summed E-state index contributed by atoms with van der Waals surface area (Å²) in [6, 6.07) is 75.1. The molecule has 0 N–H and O–H groups in total. The first kappa shape index (κ1) is 47.1. The molecule has 0 fully saturated rings. The van der Waals surface area contributed by atoms with Crippen LogP contribution in [0.5, 0.6) is 0 Å². The fraction of sp³-hybridized carbons (Fsp3) is 0.151. The summed E-state index contributed by atoms with van der Waals surface area (Å²) in [5, 5.41) is 7.20. The molecule has 1 spiro atoms. The zero-order chi connectivity index (χ0) is 51.8. The summed E-state index contributed by atoms with van der Waals surface area (Å²) in [5.74, 6) is 1.29. The molecule has 12 aromatic rings. The van der Waals surface area contributed by atoms with Crippen molar-refractivity contribution in [1.29, 1.82) is 0 Å². The number of nitrogens with zero attached hydrogens (tertiary/aromatic N) is 1. The molecule has 3 aliphatic carbocycles. The number of anilines is 3. The minimum Gasteiger partial charge on any atom is -0.456 e. The highest BCUT2D eigenvalue weighted by Crippen LogP contribution is 2.65. The minimum atomic E-state index is -0.462. The zero-order valence-electron chi connectivity index (χ0n) is 44.4. The number of furan rings is 2. The molecule has 15 rings (SSSR count). The number of para-hydroxylation sites is 2. The monoisotopic (exact) mass is 983 g/mol. The molecule has 1 atom stereocenters. The van der Waals surface area contributed by atoms with Crippen LogP contribution < -0.4 is 4.90 Å². The average molecular weight is 984 g/mol. The lowest BCUT2D eigenvalue weighted by atomic mass is 9.70. The van der Waals surface area contributed by atoms with Gasteiger partial charge in [-0.2, -0.15) is 0 Å². The zero-order valence-corrected chi connectivity index (χ0v) is 44.4. The SMILES string of the molecule is CC(C)c1cccc2oc3ccccc3c12.CC1=CC=C(C)C(C)C1.Cc1ccc(N(c2cc3c(c4ccccc24)-c2ccc(C)cc2C32c3ccccc3-c3ccccc32)c2cccc3oc4ccccc4c23)cc1. The Morgan fingerprint density at radius 2 is 1.00 bits per heavy atom. The van der Waals surface area contributed by atoms with E-state index in [2.05, 4.69) is 248 Å². The first-order valence-electron chi connectivity index (χ1n) is 27.0. The average Bonchev–Trinajstić information content (AvgIpc) is 4.30. The van der Waals surface area contributed by atoms with Gasteiger partial charge in [-0.25, -0.2) is 0 Å². The van der Waals surface area contributed by atoms with E-state index in [1.54, 1.807) is 0 Å². The number of fused-ring (bicyclic) bond motifs is 18. The highest BCUT2D eigenvalue weighted by atomic mass is 16.3. The van der Waals surface area contributed by atoms with Gasteiger partial charge in [0.2, 0.25) is 0 Å². The maximum atomic E-state index is 6.48. The Morgan fingerprint density at radius 3 is 1.64 bits per heavy atom. The van der Waals surface area contributed by atoms with Gasteiger partial charge in [0.1, 0.15) is 22.3 Å². The largest absolute Gasteiger partial charge is 0.456 e. The molecule has 0 saturated carbocycles. The molecule has 76 heavy (non-hydrogen) atoms. The first-order valence-corrected chi connectivity index (χ1v) is 27.0. The van der Waals surface area contributed by atoms with E-state index in [9.17, 15) is 0 Å². The first-order chi connectivity index (χ1) is 37.1. The molecular formula is C73H61NO2. The lowest BCUT2D eigenvalue weighted by Gasteiger charge is -2.33. The second-order valence-corrected chi connectivity index (χ2v) is 21.7. The highest BCUT2D eigenvalue weighted by Gasteiger charge is 2.52. The fourth-order valence-corrected chi connectivity index (χ4v) is 12.8. The second kappa shape index (κ2) is 18.6. The van der Waals surface area contributed by atoms with Gasteiger partial charge in [-0.15, -0.1) is 0 Å². The van der Waals surface area contributed by atoms with Crippen LogP contribution in [0.3, 0.4) is 0 Å². The number of aryl methyl sites for hydroxylation is 2. The van der Waals surface area contributed by atoms with E-state index in [0.717, 1.165) is 56.1 Å². The summed E-state index contributed by atoms with van der Waals surface area (Å²) in [5.41, 5.74) is 24.2. The van der Waals surface area contributed by atoms with Gasteiger partial charge in [-0.05, 0) is 150 Å². The lowest BCUT2D eigenvalue weighted by molar-refractivity contribution is 0.662. The maximum Gasteiger partial charge on any atom is 0.137 e. The van der Waals surface area contributed by atoms with Gasteiger partial charge in [0.05, 0.1) is 22.2 Å². The molecule has 0 aliphatic heterocycles. The molecule has 0 radical (unpaired) electrons. The molecular weight excluding hydrogens is 923 g/mol. The van der Waals surface area contributed by atoms with E-state index in [4.69, 9.17) is 8.83 Å². The third-order valence-electron chi connectivity index (χ3n) is 16.5. The van der Waals surface area contributed by atoms with Gasteiger partial charge in [0, 0.05) is 27.2 Å². The van der Waals surface area contributed by atoms with Gasteiger partial charge in [0.15, 0.2) is 0 Å². The molecule has 3 aliphatic rings. The molecule has 0 bridgehead atoms. The van der Waals surface area contributed by atoms with Crippen LogP contribution in [0.1, 0.15) is 85.9 Å². The number of benzene rings is 10. The van der Waals surface area contributed by atoms with Gasteiger partial charge in [-0.3, -0.25) is 0 Å². The predicted molar refractivity (Wildman–Crippen MR) is 321 cm³/mol. The van der Waals surface area contributed by atoms with Crippen LogP contribution in [-0.4, -0.2) is 0 Å². The Balaban J connectivity index is 0.000000181. The lowest BCUT2D eigenvalue weighted by Crippen LogP contribution is -2.26. The van der Waals surface area contributed by atoms with Gasteiger partial charge < -0.3 is 13.7 Å².